The van der Waals surface area contributed by atoms with Crippen molar-refractivity contribution in [1.82, 2.24) is 0 Å². The number of carbonyl (C=O) groups is 1. The second kappa shape index (κ2) is 9.28. The fourth-order valence-electron chi connectivity index (χ4n) is 3.40. The Bertz CT molecular complexity index is 958. The zero-order valence-corrected chi connectivity index (χ0v) is 17.5. The smallest absolute Gasteiger partial charge is 0.252 e. The van der Waals surface area contributed by atoms with Crippen LogP contribution in [0, 0.1) is 0 Å². The summed E-state index contributed by atoms with van der Waals surface area (Å²) in [5.41, 5.74) is 3.21. The fraction of sp³-hybridized carbons (Fsp3) is 0.381. The first-order valence-electron chi connectivity index (χ1n) is 9.47. The van der Waals surface area contributed by atoms with E-state index in [2.05, 4.69) is 4.72 Å². The Morgan fingerprint density at radius 2 is 1.90 bits per heavy atom. The van der Waals surface area contributed by atoms with Gasteiger partial charge in [0, 0.05) is 25.0 Å². The summed E-state index contributed by atoms with van der Waals surface area (Å²) in [6.07, 6.45) is 2.03. The molecule has 3 rings (SSSR count). The van der Waals surface area contributed by atoms with Gasteiger partial charge < -0.3 is 14.4 Å². The molecule has 0 unspecified atom stereocenters. The van der Waals surface area contributed by atoms with Crippen LogP contribution in [0.3, 0.4) is 0 Å². The van der Waals surface area contributed by atoms with Crippen LogP contribution in [0.25, 0.3) is 0 Å². The number of rotatable bonds is 8. The Morgan fingerprint density at radius 1 is 1.14 bits per heavy atom. The monoisotopic (exact) mass is 418 g/mol. The first kappa shape index (κ1) is 21.1. The number of anilines is 2. The molecule has 0 spiro atoms. The van der Waals surface area contributed by atoms with Crippen molar-refractivity contribution in [3.05, 3.63) is 53.6 Å². The predicted octanol–water partition coefficient (Wildman–Crippen LogP) is 2.61. The molecule has 1 heterocycles. The van der Waals surface area contributed by atoms with Gasteiger partial charge in [0.1, 0.15) is 12.4 Å². The van der Waals surface area contributed by atoms with Crippen LogP contribution in [0.15, 0.2) is 42.5 Å². The molecule has 1 amide bonds. The molecule has 0 aromatic heterocycles. The van der Waals surface area contributed by atoms with Gasteiger partial charge in [-0.3, -0.25) is 9.52 Å². The lowest BCUT2D eigenvalue weighted by Crippen LogP contribution is -2.37. The van der Waals surface area contributed by atoms with Crippen LogP contribution in [-0.4, -0.2) is 47.4 Å². The first-order chi connectivity index (χ1) is 13.9. The normalized spacial score (nSPS) is 13.7. The number of hydrogen-bond acceptors (Lipinski definition) is 5. The molecule has 0 aliphatic carbocycles. The molecule has 1 aliphatic rings. The van der Waals surface area contributed by atoms with Crippen molar-refractivity contribution in [3.63, 3.8) is 0 Å². The molecule has 0 saturated carbocycles. The van der Waals surface area contributed by atoms with Crippen molar-refractivity contribution >= 4 is 27.3 Å². The Morgan fingerprint density at radius 3 is 2.59 bits per heavy atom. The lowest BCUT2D eigenvalue weighted by atomic mass is 10.0. The number of hydrogen-bond donors (Lipinski definition) is 1. The molecule has 2 aromatic carbocycles. The molecule has 156 valence electrons. The van der Waals surface area contributed by atoms with Gasteiger partial charge in [0.2, 0.25) is 10.0 Å². The van der Waals surface area contributed by atoms with E-state index >= 15 is 0 Å². The lowest BCUT2D eigenvalue weighted by Gasteiger charge is -2.29. The summed E-state index contributed by atoms with van der Waals surface area (Å²) in [4.78, 5) is 13.9. The molecule has 0 bridgehead atoms. The van der Waals surface area contributed by atoms with Gasteiger partial charge in [-0.05, 0) is 60.7 Å². The molecule has 1 aliphatic heterocycles. The van der Waals surface area contributed by atoms with Gasteiger partial charge >= 0.3 is 0 Å². The Balaban J connectivity index is 1.67. The summed E-state index contributed by atoms with van der Waals surface area (Å²) in [6, 6.07) is 12.7. The number of nitrogens with one attached hydrogen (secondary N) is 1. The van der Waals surface area contributed by atoms with E-state index in [9.17, 15) is 13.2 Å². The second-order valence-corrected chi connectivity index (χ2v) is 8.79. The molecule has 0 saturated heterocycles. The summed E-state index contributed by atoms with van der Waals surface area (Å²) in [7, 11) is -0.411. The minimum atomic E-state index is -3.50. The largest absolute Gasteiger partial charge is 0.497 e. The van der Waals surface area contributed by atoms with Crippen LogP contribution in [0.4, 0.5) is 11.4 Å². The van der Waals surface area contributed by atoms with E-state index in [0.717, 1.165) is 35.4 Å². The Hall–Kier alpha value is -2.58. The van der Waals surface area contributed by atoms with E-state index in [1.165, 1.54) is 7.11 Å². The van der Waals surface area contributed by atoms with Gasteiger partial charge in [-0.25, -0.2) is 8.42 Å². The average Bonchev–Trinajstić information content (AvgIpc) is 2.72. The van der Waals surface area contributed by atoms with Crippen molar-refractivity contribution < 1.29 is 22.7 Å². The van der Waals surface area contributed by atoms with Gasteiger partial charge in [-0.1, -0.05) is 12.1 Å². The molecule has 2 aromatic rings. The van der Waals surface area contributed by atoms with Crippen LogP contribution < -0.4 is 14.4 Å². The third-order valence-corrected chi connectivity index (χ3v) is 6.15. The second-order valence-electron chi connectivity index (χ2n) is 6.94. The van der Waals surface area contributed by atoms with Crippen molar-refractivity contribution in [2.45, 2.75) is 19.3 Å². The van der Waals surface area contributed by atoms with Crippen molar-refractivity contribution in [1.29, 1.82) is 0 Å². The minimum absolute atomic E-state index is 0.0190. The number of ether oxygens (including phenoxy) is 2. The van der Waals surface area contributed by atoms with E-state index in [0.29, 0.717) is 18.7 Å². The minimum Gasteiger partial charge on any atom is -0.497 e. The highest BCUT2D eigenvalue weighted by atomic mass is 32.2. The maximum absolute atomic E-state index is 12.5. The molecule has 0 atom stereocenters. The molecule has 0 fully saturated rings. The van der Waals surface area contributed by atoms with Crippen LogP contribution in [0.2, 0.25) is 0 Å². The van der Waals surface area contributed by atoms with Crippen LogP contribution in [-0.2, 0) is 32.4 Å². The molecule has 8 heteroatoms. The van der Waals surface area contributed by atoms with Gasteiger partial charge in [0.25, 0.3) is 5.91 Å². The van der Waals surface area contributed by atoms with Crippen LogP contribution in [0.1, 0.15) is 17.5 Å². The number of sulfonamides is 1. The zero-order valence-electron chi connectivity index (χ0n) is 16.7. The maximum Gasteiger partial charge on any atom is 0.252 e. The highest BCUT2D eigenvalue weighted by Crippen LogP contribution is 2.30. The van der Waals surface area contributed by atoms with Crippen molar-refractivity contribution in [2.75, 3.05) is 42.7 Å². The summed E-state index contributed by atoms with van der Waals surface area (Å²) in [5.74, 6) is 0.623. The van der Waals surface area contributed by atoms with E-state index in [4.69, 9.17) is 9.47 Å². The fourth-order valence-corrected chi connectivity index (χ4v) is 4.49. The Labute approximate surface area is 171 Å². The van der Waals surface area contributed by atoms with Crippen LogP contribution in [0.5, 0.6) is 5.75 Å². The van der Waals surface area contributed by atoms with Gasteiger partial charge in [0.05, 0.1) is 12.9 Å². The standard InChI is InChI=1S/C21H26N2O5S/c1-27-15-21(24)23-12-3-4-17-14-18(7-10-20(17)23)22-29(25,26)13-11-16-5-8-19(28-2)9-6-16/h5-10,14,22H,3-4,11-13,15H2,1-2H3. The van der Waals surface area contributed by atoms with E-state index < -0.39 is 10.0 Å². The topological polar surface area (TPSA) is 84.9 Å². The van der Waals surface area contributed by atoms with E-state index in [-0.39, 0.29) is 18.3 Å². The number of fused-ring (bicyclic) bond motifs is 1. The summed E-state index contributed by atoms with van der Waals surface area (Å²) in [6.45, 7) is 0.668. The average molecular weight is 419 g/mol. The zero-order chi connectivity index (χ0) is 20.9. The number of carbonyl (C=O) groups excluding carboxylic acids is 1. The lowest BCUT2D eigenvalue weighted by molar-refractivity contribution is -0.122. The molecule has 0 radical (unpaired) electrons. The summed E-state index contributed by atoms with van der Waals surface area (Å²) in [5, 5.41) is 0. The number of amides is 1. The molecular formula is C21H26N2O5S. The molecule has 1 N–H and O–H groups in total. The quantitative estimate of drug-likeness (QED) is 0.712. The number of benzene rings is 2. The van der Waals surface area contributed by atoms with E-state index in [1.54, 1.807) is 24.1 Å². The number of aryl methyl sites for hydroxylation is 2. The van der Waals surface area contributed by atoms with Crippen LogP contribution >= 0.6 is 0 Å². The van der Waals surface area contributed by atoms with Crippen molar-refractivity contribution in [2.24, 2.45) is 0 Å². The molecule has 29 heavy (non-hydrogen) atoms. The van der Waals surface area contributed by atoms with Gasteiger partial charge in [-0.15, -0.1) is 0 Å². The highest BCUT2D eigenvalue weighted by Gasteiger charge is 2.23. The van der Waals surface area contributed by atoms with Gasteiger partial charge in [0.15, 0.2) is 0 Å². The summed E-state index contributed by atoms with van der Waals surface area (Å²) >= 11 is 0. The third kappa shape index (κ3) is 5.48. The molecular weight excluding hydrogens is 392 g/mol. The van der Waals surface area contributed by atoms with E-state index in [1.807, 2.05) is 30.3 Å². The maximum atomic E-state index is 12.5. The highest BCUT2D eigenvalue weighted by molar-refractivity contribution is 7.92. The number of methoxy groups -OCH3 is 2. The van der Waals surface area contributed by atoms with Crippen molar-refractivity contribution in [3.8, 4) is 5.75 Å². The predicted molar refractivity (Wildman–Crippen MR) is 113 cm³/mol. The SMILES string of the molecule is COCC(=O)N1CCCc2cc(NS(=O)(=O)CCc3ccc(OC)cc3)ccc21. The molecule has 7 nitrogen and oxygen atoms in total. The summed E-state index contributed by atoms with van der Waals surface area (Å²) < 4.78 is 37.7. The Kier molecular flexibility index (Phi) is 6.76. The third-order valence-electron chi connectivity index (χ3n) is 4.86. The van der Waals surface area contributed by atoms with Gasteiger partial charge in [-0.2, -0.15) is 0 Å². The first-order valence-corrected chi connectivity index (χ1v) is 11.1. The number of nitrogens with zero attached hydrogens (tertiary/aromatic N) is 1.